The van der Waals surface area contributed by atoms with E-state index in [0.29, 0.717) is 24.4 Å². The molecule has 128 valence electrons. The smallest absolute Gasteiger partial charge is 0.677 e. The molecule has 0 atom stereocenters. The number of benzene rings is 1. The predicted octanol–water partition coefficient (Wildman–Crippen LogP) is 0.485. The van der Waals surface area contributed by atoms with Crippen molar-refractivity contribution >= 4 is 11.4 Å². The summed E-state index contributed by atoms with van der Waals surface area (Å²) >= 11 is 0. The summed E-state index contributed by atoms with van der Waals surface area (Å²) < 4.78 is 0. The number of aliphatic hydroxyl groups excluding tert-OH is 1. The van der Waals surface area contributed by atoms with E-state index in [0.717, 1.165) is 36.1 Å². The van der Waals surface area contributed by atoms with Gasteiger partial charge in [-0.2, -0.15) is 0 Å². The second-order valence-corrected chi connectivity index (χ2v) is 6.67. The van der Waals surface area contributed by atoms with E-state index in [9.17, 15) is 0 Å². The molecule has 0 fully saturated rings. The molecule has 0 saturated carbocycles. The van der Waals surface area contributed by atoms with Crippen molar-refractivity contribution in [3.8, 4) is 0 Å². The fourth-order valence-corrected chi connectivity index (χ4v) is 2.57. The monoisotopic (exact) mass is 356 g/mol. The third-order valence-electron chi connectivity index (χ3n) is 3.92. The second-order valence-electron chi connectivity index (χ2n) is 6.67. The van der Waals surface area contributed by atoms with Crippen LogP contribution in [0.25, 0.3) is 5.73 Å². The SMILES string of the molecule is CC1(C)CCC(C(=N)c2cccc(N)c2)=C(N)C1.[K+].[NH-]CCCO. The molecule has 7 N–H and O–H groups in total. The van der Waals surface area contributed by atoms with Gasteiger partial charge in [-0.15, -0.1) is 6.54 Å². The van der Waals surface area contributed by atoms with Crippen LogP contribution in [0.4, 0.5) is 5.69 Å². The Morgan fingerprint density at radius 3 is 2.46 bits per heavy atom. The molecular weight excluding hydrogens is 327 g/mol. The van der Waals surface area contributed by atoms with E-state index >= 15 is 0 Å². The summed E-state index contributed by atoms with van der Waals surface area (Å²) in [6.07, 6.45) is 3.44. The molecule has 24 heavy (non-hydrogen) atoms. The quantitative estimate of drug-likeness (QED) is 0.357. The molecular formula is C18H29KN4O. The van der Waals surface area contributed by atoms with Crippen LogP contribution in [-0.2, 0) is 0 Å². The molecule has 0 aliphatic heterocycles. The summed E-state index contributed by atoms with van der Waals surface area (Å²) in [5, 5.41) is 16.2. The van der Waals surface area contributed by atoms with E-state index in [1.165, 1.54) is 0 Å². The number of rotatable bonds is 4. The Kier molecular flexibility index (Phi) is 11.3. The maximum Gasteiger partial charge on any atom is 1.00 e. The zero-order valence-electron chi connectivity index (χ0n) is 15.2. The van der Waals surface area contributed by atoms with E-state index in [1.54, 1.807) is 0 Å². The number of aliphatic hydroxyl groups is 1. The minimum absolute atomic E-state index is 0. The molecule has 1 aromatic rings. The minimum atomic E-state index is 0. The third kappa shape index (κ3) is 7.78. The fourth-order valence-electron chi connectivity index (χ4n) is 2.57. The zero-order valence-corrected chi connectivity index (χ0v) is 18.3. The van der Waals surface area contributed by atoms with Crippen molar-refractivity contribution in [1.82, 2.24) is 0 Å². The van der Waals surface area contributed by atoms with Gasteiger partial charge < -0.3 is 22.3 Å². The molecule has 5 nitrogen and oxygen atoms in total. The van der Waals surface area contributed by atoms with E-state index in [-0.39, 0.29) is 63.4 Å². The van der Waals surface area contributed by atoms with Crippen molar-refractivity contribution in [1.29, 1.82) is 5.41 Å². The Morgan fingerprint density at radius 1 is 1.33 bits per heavy atom. The molecule has 1 aromatic carbocycles. The molecule has 0 spiro atoms. The van der Waals surface area contributed by atoms with Crippen LogP contribution in [0, 0.1) is 10.8 Å². The summed E-state index contributed by atoms with van der Waals surface area (Å²) in [5.74, 6) is 0. The van der Waals surface area contributed by atoms with Crippen LogP contribution in [0.3, 0.4) is 0 Å². The normalized spacial score (nSPS) is 15.8. The van der Waals surface area contributed by atoms with E-state index in [1.807, 2.05) is 24.3 Å². The molecule has 0 heterocycles. The van der Waals surface area contributed by atoms with Crippen molar-refractivity contribution < 1.29 is 56.5 Å². The van der Waals surface area contributed by atoms with Crippen molar-refractivity contribution in [2.24, 2.45) is 11.1 Å². The Balaban J connectivity index is 0.000000777. The average Bonchev–Trinajstić information content (AvgIpc) is 2.47. The molecule has 6 heteroatoms. The van der Waals surface area contributed by atoms with Crippen LogP contribution in [0.2, 0.25) is 0 Å². The Morgan fingerprint density at radius 2 is 2.00 bits per heavy atom. The number of nitrogen functional groups attached to an aromatic ring is 1. The summed E-state index contributed by atoms with van der Waals surface area (Å²) in [7, 11) is 0. The van der Waals surface area contributed by atoms with Crippen LogP contribution in [0.15, 0.2) is 35.5 Å². The average molecular weight is 357 g/mol. The summed E-state index contributed by atoms with van der Waals surface area (Å²) in [6.45, 7) is 4.95. The first kappa shape index (κ1) is 23.8. The van der Waals surface area contributed by atoms with E-state index in [2.05, 4.69) is 13.8 Å². The zero-order chi connectivity index (χ0) is 17.5. The Bertz CT molecular complexity index is 568. The fraction of sp³-hybridized carbons (Fsp3) is 0.500. The Labute approximate surface area is 188 Å². The summed E-state index contributed by atoms with van der Waals surface area (Å²) in [6, 6.07) is 7.46. The number of allylic oxidation sites excluding steroid dienone is 2. The Hall–Kier alpha value is -0.214. The van der Waals surface area contributed by atoms with Crippen LogP contribution in [-0.4, -0.2) is 24.0 Å². The van der Waals surface area contributed by atoms with Gasteiger partial charge in [-0.25, -0.2) is 0 Å². The molecule has 0 aromatic heterocycles. The van der Waals surface area contributed by atoms with Crippen molar-refractivity contribution in [3.05, 3.63) is 46.8 Å². The van der Waals surface area contributed by atoms with Crippen molar-refractivity contribution in [2.45, 2.75) is 39.5 Å². The van der Waals surface area contributed by atoms with Crippen LogP contribution < -0.4 is 62.9 Å². The van der Waals surface area contributed by atoms with Gasteiger partial charge in [0, 0.05) is 23.6 Å². The van der Waals surface area contributed by atoms with Gasteiger partial charge in [0.1, 0.15) is 0 Å². The van der Waals surface area contributed by atoms with Gasteiger partial charge in [0.2, 0.25) is 0 Å². The molecule has 2 rings (SSSR count). The molecule has 0 amide bonds. The standard InChI is InChI=1S/C15H21N3.C3H8NO.K/c1-15(2)7-6-12(13(17)9-15)14(18)10-4-3-5-11(16)8-10;4-2-1-3-5;/h3-5,8,18H,6-7,9,16-17H2,1-2H3;4-5H,1-3H2;/q;-1;+1. The molecule has 0 unspecified atom stereocenters. The van der Waals surface area contributed by atoms with Gasteiger partial charge in [0.15, 0.2) is 0 Å². The molecule has 0 saturated heterocycles. The van der Waals surface area contributed by atoms with Gasteiger partial charge in [-0.05, 0) is 48.8 Å². The molecule has 1 aliphatic carbocycles. The summed E-state index contributed by atoms with van der Waals surface area (Å²) in [4.78, 5) is 0. The first-order valence-corrected chi connectivity index (χ1v) is 7.98. The maximum absolute atomic E-state index is 8.29. The van der Waals surface area contributed by atoms with Gasteiger partial charge in [0.05, 0.1) is 5.71 Å². The van der Waals surface area contributed by atoms with Gasteiger partial charge in [-0.1, -0.05) is 26.0 Å². The molecule has 0 radical (unpaired) electrons. The van der Waals surface area contributed by atoms with Crippen LogP contribution in [0.1, 0.15) is 45.1 Å². The predicted molar refractivity (Wildman–Crippen MR) is 97.4 cm³/mol. The van der Waals surface area contributed by atoms with Crippen LogP contribution in [0.5, 0.6) is 0 Å². The van der Waals surface area contributed by atoms with Gasteiger partial charge >= 0.3 is 51.4 Å². The molecule has 0 bridgehead atoms. The summed E-state index contributed by atoms with van der Waals surface area (Å²) in [5.41, 5.74) is 22.5. The first-order chi connectivity index (χ1) is 10.8. The van der Waals surface area contributed by atoms with E-state index in [4.69, 9.17) is 27.7 Å². The van der Waals surface area contributed by atoms with Crippen molar-refractivity contribution in [3.63, 3.8) is 0 Å². The van der Waals surface area contributed by atoms with Crippen LogP contribution >= 0.6 is 0 Å². The topological polar surface area (TPSA) is 120 Å². The van der Waals surface area contributed by atoms with E-state index < -0.39 is 0 Å². The number of hydrogen-bond acceptors (Lipinski definition) is 4. The van der Waals surface area contributed by atoms with Gasteiger partial charge in [0.25, 0.3) is 0 Å². The number of nitrogens with two attached hydrogens (primary N) is 2. The largest absolute Gasteiger partial charge is 1.00 e. The number of anilines is 1. The van der Waals surface area contributed by atoms with Gasteiger partial charge in [-0.3, -0.25) is 5.41 Å². The number of nitrogens with one attached hydrogen (secondary N) is 2. The first-order valence-electron chi connectivity index (χ1n) is 7.98. The third-order valence-corrected chi connectivity index (χ3v) is 3.92. The minimum Gasteiger partial charge on any atom is -0.677 e. The maximum atomic E-state index is 8.29. The molecule has 1 aliphatic rings. The number of hydrogen-bond donors (Lipinski definition) is 4. The second kappa shape index (κ2) is 11.4. The van der Waals surface area contributed by atoms with Crippen molar-refractivity contribution in [2.75, 3.05) is 18.9 Å².